The van der Waals surface area contributed by atoms with Gasteiger partial charge >= 0.3 is 0 Å². The predicted octanol–water partition coefficient (Wildman–Crippen LogP) is 2.32. The molecule has 0 aliphatic carbocycles. The van der Waals surface area contributed by atoms with Gasteiger partial charge in [0, 0.05) is 31.9 Å². The number of aryl methyl sites for hydroxylation is 1. The van der Waals surface area contributed by atoms with Crippen LogP contribution in [0, 0.1) is 6.92 Å². The van der Waals surface area contributed by atoms with Gasteiger partial charge in [-0.2, -0.15) is 0 Å². The summed E-state index contributed by atoms with van der Waals surface area (Å²) in [6.45, 7) is 3.83. The maximum absolute atomic E-state index is 5.25. The van der Waals surface area contributed by atoms with Crippen LogP contribution in [0.5, 0.6) is 0 Å². The fourth-order valence-corrected chi connectivity index (χ4v) is 1.61. The van der Waals surface area contributed by atoms with Crippen LogP contribution >= 0.6 is 0 Å². The van der Waals surface area contributed by atoms with Gasteiger partial charge in [-0.1, -0.05) is 6.07 Å². The van der Waals surface area contributed by atoms with E-state index >= 15 is 0 Å². The van der Waals surface area contributed by atoms with E-state index in [0.717, 1.165) is 25.3 Å². The summed E-state index contributed by atoms with van der Waals surface area (Å²) in [4.78, 5) is 4.15. The smallest absolute Gasteiger partial charge is 0.105 e. The molecule has 0 bridgehead atoms. The molecule has 0 aromatic carbocycles. The number of nitrogens with one attached hydrogen (secondary N) is 1. The highest BCUT2D eigenvalue weighted by Crippen LogP contribution is 2.02. The molecule has 2 heterocycles. The fourth-order valence-electron chi connectivity index (χ4n) is 1.61. The molecule has 0 amide bonds. The minimum Gasteiger partial charge on any atom is -0.469 e. The first-order valence-corrected chi connectivity index (χ1v) is 5.48. The van der Waals surface area contributed by atoms with Gasteiger partial charge in [0.2, 0.25) is 0 Å². The van der Waals surface area contributed by atoms with E-state index in [1.807, 2.05) is 24.5 Å². The third-order valence-electron chi connectivity index (χ3n) is 2.39. The number of hydrogen-bond donors (Lipinski definition) is 1. The van der Waals surface area contributed by atoms with Crippen LogP contribution in [0.3, 0.4) is 0 Å². The van der Waals surface area contributed by atoms with Crippen LogP contribution in [-0.2, 0) is 13.0 Å². The first-order valence-electron chi connectivity index (χ1n) is 5.48. The van der Waals surface area contributed by atoms with Crippen molar-refractivity contribution in [3.63, 3.8) is 0 Å². The van der Waals surface area contributed by atoms with Crippen LogP contribution in [0.15, 0.2) is 41.3 Å². The van der Waals surface area contributed by atoms with Crippen molar-refractivity contribution in [1.82, 2.24) is 10.3 Å². The van der Waals surface area contributed by atoms with Gasteiger partial charge < -0.3 is 9.73 Å². The van der Waals surface area contributed by atoms with E-state index in [2.05, 4.69) is 23.3 Å². The number of nitrogens with zero attached hydrogens (tertiary/aromatic N) is 1. The van der Waals surface area contributed by atoms with E-state index in [0.29, 0.717) is 0 Å². The third kappa shape index (κ3) is 3.21. The first-order chi connectivity index (χ1) is 7.84. The van der Waals surface area contributed by atoms with E-state index in [1.165, 1.54) is 11.1 Å². The molecule has 2 aromatic rings. The predicted molar refractivity (Wildman–Crippen MR) is 63.1 cm³/mol. The van der Waals surface area contributed by atoms with Gasteiger partial charge in [-0.15, -0.1) is 0 Å². The molecule has 0 saturated carbocycles. The number of furan rings is 1. The van der Waals surface area contributed by atoms with Crippen molar-refractivity contribution in [2.75, 3.05) is 6.54 Å². The number of rotatable bonds is 5. The zero-order valence-electron chi connectivity index (χ0n) is 9.44. The second-order valence-electron chi connectivity index (χ2n) is 3.88. The Morgan fingerprint density at radius 2 is 2.31 bits per heavy atom. The molecule has 0 fully saturated rings. The largest absolute Gasteiger partial charge is 0.469 e. The van der Waals surface area contributed by atoms with Crippen LogP contribution in [0.4, 0.5) is 0 Å². The Labute approximate surface area is 95.5 Å². The van der Waals surface area contributed by atoms with Gasteiger partial charge in [-0.3, -0.25) is 4.98 Å². The van der Waals surface area contributed by atoms with E-state index < -0.39 is 0 Å². The lowest BCUT2D eigenvalue weighted by Gasteiger charge is -2.04. The number of hydrogen-bond acceptors (Lipinski definition) is 3. The standard InChI is InChI=1S/C13H16N2O/c1-11-7-12(10-15-8-11)9-14-5-4-13-3-2-6-16-13/h2-3,6-8,10,14H,4-5,9H2,1H3. The average Bonchev–Trinajstić information content (AvgIpc) is 2.77. The van der Waals surface area contributed by atoms with Crippen LogP contribution < -0.4 is 5.32 Å². The second-order valence-corrected chi connectivity index (χ2v) is 3.88. The Kier molecular flexibility index (Phi) is 3.72. The normalized spacial score (nSPS) is 10.6. The van der Waals surface area contributed by atoms with E-state index in [4.69, 9.17) is 4.42 Å². The third-order valence-corrected chi connectivity index (χ3v) is 2.39. The molecule has 84 valence electrons. The van der Waals surface area contributed by atoms with E-state index in [-0.39, 0.29) is 0 Å². The van der Waals surface area contributed by atoms with Gasteiger partial charge in [0.15, 0.2) is 0 Å². The lowest BCUT2D eigenvalue weighted by atomic mass is 10.2. The summed E-state index contributed by atoms with van der Waals surface area (Å²) in [7, 11) is 0. The SMILES string of the molecule is Cc1cncc(CNCCc2ccco2)c1. The van der Waals surface area contributed by atoms with Crippen LogP contribution in [0.2, 0.25) is 0 Å². The minimum absolute atomic E-state index is 0.857. The highest BCUT2D eigenvalue weighted by molar-refractivity contribution is 5.16. The monoisotopic (exact) mass is 216 g/mol. The fraction of sp³-hybridized carbons (Fsp3) is 0.308. The number of pyridine rings is 1. The molecule has 0 unspecified atom stereocenters. The molecule has 0 radical (unpaired) electrons. The zero-order chi connectivity index (χ0) is 11.2. The Morgan fingerprint density at radius 1 is 1.38 bits per heavy atom. The highest BCUT2D eigenvalue weighted by Gasteiger charge is 1.96. The summed E-state index contributed by atoms with van der Waals surface area (Å²) in [6.07, 6.45) is 6.39. The molecule has 0 atom stereocenters. The van der Waals surface area contributed by atoms with Crippen LogP contribution in [-0.4, -0.2) is 11.5 Å². The summed E-state index contributed by atoms with van der Waals surface area (Å²) in [5.74, 6) is 1.02. The Morgan fingerprint density at radius 3 is 3.06 bits per heavy atom. The van der Waals surface area contributed by atoms with Gasteiger partial charge in [-0.25, -0.2) is 0 Å². The molecule has 0 saturated heterocycles. The highest BCUT2D eigenvalue weighted by atomic mass is 16.3. The van der Waals surface area contributed by atoms with Gasteiger partial charge in [-0.05, 0) is 30.2 Å². The van der Waals surface area contributed by atoms with Crippen molar-refractivity contribution in [2.45, 2.75) is 19.9 Å². The quantitative estimate of drug-likeness (QED) is 0.779. The van der Waals surface area contributed by atoms with Crippen molar-refractivity contribution in [1.29, 1.82) is 0 Å². The summed E-state index contributed by atoms with van der Waals surface area (Å²) in [6, 6.07) is 6.06. The van der Waals surface area contributed by atoms with Crippen molar-refractivity contribution in [3.05, 3.63) is 53.7 Å². The molecule has 0 aliphatic rings. The van der Waals surface area contributed by atoms with Crippen molar-refractivity contribution >= 4 is 0 Å². The molecule has 2 aromatic heterocycles. The molecular formula is C13H16N2O. The Balaban J connectivity index is 1.72. The summed E-state index contributed by atoms with van der Waals surface area (Å²) < 4.78 is 5.25. The van der Waals surface area contributed by atoms with E-state index in [1.54, 1.807) is 6.26 Å². The Hall–Kier alpha value is -1.61. The van der Waals surface area contributed by atoms with Crippen molar-refractivity contribution in [3.8, 4) is 0 Å². The number of aromatic nitrogens is 1. The molecule has 3 nitrogen and oxygen atoms in total. The summed E-state index contributed by atoms with van der Waals surface area (Å²) in [5.41, 5.74) is 2.42. The molecule has 2 rings (SSSR count). The molecule has 3 heteroatoms. The molecular weight excluding hydrogens is 200 g/mol. The van der Waals surface area contributed by atoms with Gasteiger partial charge in [0.05, 0.1) is 6.26 Å². The summed E-state index contributed by atoms with van der Waals surface area (Å²) in [5, 5.41) is 3.37. The molecule has 0 aliphatic heterocycles. The van der Waals surface area contributed by atoms with Gasteiger partial charge in [0.1, 0.15) is 5.76 Å². The lowest BCUT2D eigenvalue weighted by Crippen LogP contribution is -2.16. The topological polar surface area (TPSA) is 38.1 Å². The molecule has 16 heavy (non-hydrogen) atoms. The van der Waals surface area contributed by atoms with Crippen molar-refractivity contribution < 1.29 is 4.42 Å². The van der Waals surface area contributed by atoms with Gasteiger partial charge in [0.25, 0.3) is 0 Å². The molecule has 1 N–H and O–H groups in total. The maximum atomic E-state index is 5.25. The maximum Gasteiger partial charge on any atom is 0.105 e. The van der Waals surface area contributed by atoms with Crippen LogP contribution in [0.1, 0.15) is 16.9 Å². The van der Waals surface area contributed by atoms with Crippen molar-refractivity contribution in [2.24, 2.45) is 0 Å². The first kappa shape index (κ1) is 10.9. The second kappa shape index (κ2) is 5.47. The zero-order valence-corrected chi connectivity index (χ0v) is 9.44. The lowest BCUT2D eigenvalue weighted by molar-refractivity contribution is 0.498. The average molecular weight is 216 g/mol. The van der Waals surface area contributed by atoms with E-state index in [9.17, 15) is 0 Å². The Bertz CT molecular complexity index is 423. The van der Waals surface area contributed by atoms with Crippen LogP contribution in [0.25, 0.3) is 0 Å². The summed E-state index contributed by atoms with van der Waals surface area (Å²) >= 11 is 0. The minimum atomic E-state index is 0.857. The molecule has 0 spiro atoms.